The summed E-state index contributed by atoms with van der Waals surface area (Å²) in [6.07, 6.45) is -1.74. The quantitative estimate of drug-likeness (QED) is 0.295. The van der Waals surface area contributed by atoms with E-state index in [0.717, 1.165) is 6.54 Å². The number of cyclic esters (lactones) is 1. The van der Waals surface area contributed by atoms with Gasteiger partial charge in [-0.05, 0) is 74.1 Å². The maximum Gasteiger partial charge on any atom is 0.319 e. The fraction of sp³-hybridized carbons (Fsp3) is 0.909. The van der Waals surface area contributed by atoms with Crippen molar-refractivity contribution in [3.05, 3.63) is 0 Å². The van der Waals surface area contributed by atoms with Gasteiger partial charge < -0.3 is 39.2 Å². The predicted octanol–water partition coefficient (Wildman–Crippen LogP) is 1.39. The lowest BCUT2D eigenvalue weighted by Crippen LogP contribution is -2.61. The summed E-state index contributed by atoms with van der Waals surface area (Å²) in [4.78, 5) is 46.4. The second-order valence-electron chi connectivity index (χ2n) is 14.6. The van der Waals surface area contributed by atoms with Gasteiger partial charge in [-0.15, -0.1) is 0 Å². The minimum Gasteiger partial charge on any atom is -0.463 e. The minimum absolute atomic E-state index is 0.0489. The summed E-state index contributed by atoms with van der Waals surface area (Å²) in [7, 11) is 7.20. The van der Waals surface area contributed by atoms with Gasteiger partial charge in [0.05, 0.1) is 30.4 Å². The summed E-state index contributed by atoms with van der Waals surface area (Å²) in [5.74, 6) is -1.42. The van der Waals surface area contributed by atoms with Crippen molar-refractivity contribution in [2.75, 3.05) is 67.6 Å². The highest BCUT2D eigenvalue weighted by molar-refractivity contribution is 6.04. The second kappa shape index (κ2) is 15.5. The molecule has 0 aromatic heterocycles. The van der Waals surface area contributed by atoms with E-state index in [0.29, 0.717) is 32.5 Å². The Balaban J connectivity index is 1.97. The third kappa shape index (κ3) is 8.44. The van der Waals surface area contributed by atoms with E-state index in [4.69, 9.17) is 18.9 Å². The number of aliphatic hydroxyl groups is 1. The van der Waals surface area contributed by atoms with Gasteiger partial charge in [0.1, 0.15) is 18.1 Å². The second-order valence-corrected chi connectivity index (χ2v) is 14.6. The average molecular weight is 641 g/mol. The first kappa shape index (κ1) is 37.8. The van der Waals surface area contributed by atoms with Crippen molar-refractivity contribution in [1.29, 1.82) is 0 Å². The van der Waals surface area contributed by atoms with Crippen LogP contribution in [0.25, 0.3) is 0 Å². The van der Waals surface area contributed by atoms with Crippen LogP contribution >= 0.6 is 0 Å². The summed E-state index contributed by atoms with van der Waals surface area (Å²) < 4.78 is 24.9. The maximum absolute atomic E-state index is 14.2. The van der Waals surface area contributed by atoms with Crippen molar-refractivity contribution in [2.24, 2.45) is 23.2 Å². The molecule has 3 aliphatic heterocycles. The van der Waals surface area contributed by atoms with E-state index < -0.39 is 41.4 Å². The van der Waals surface area contributed by atoms with Crippen molar-refractivity contribution in [3.63, 3.8) is 0 Å². The molecule has 3 saturated heterocycles. The van der Waals surface area contributed by atoms with Gasteiger partial charge in [0, 0.05) is 44.6 Å². The number of methoxy groups -OCH3 is 1. The number of rotatable bonds is 8. The zero-order valence-electron chi connectivity index (χ0n) is 29.5. The molecule has 45 heavy (non-hydrogen) atoms. The number of Topliss-reactive ketones (excluding diaryl/α,β-unsaturated/α-hetero) is 1. The fourth-order valence-electron chi connectivity index (χ4n) is 7.47. The highest BCUT2D eigenvalue weighted by Gasteiger charge is 2.52. The highest BCUT2D eigenvalue weighted by Crippen LogP contribution is 2.38. The van der Waals surface area contributed by atoms with Gasteiger partial charge in [-0.2, -0.15) is 0 Å². The minimum atomic E-state index is -1.46. The van der Waals surface area contributed by atoms with E-state index in [-0.39, 0.29) is 54.9 Å². The van der Waals surface area contributed by atoms with Gasteiger partial charge in [-0.3, -0.25) is 19.3 Å². The Kier molecular flexibility index (Phi) is 13.0. The SMILES string of the molecule is CCN1C[C@H](C)C[C@@](C)(OC)[C@H](O[C@@H]2O[C@H](C)C[C@H](N(C)C)[C@H]2O)[C@@H](C)C(=O)C(C)(C)C(=O)OC[C@H]1C1CN(C(=O)CNC)C1. The van der Waals surface area contributed by atoms with E-state index in [2.05, 4.69) is 24.1 Å². The molecule has 0 spiro atoms. The molecule has 0 aliphatic carbocycles. The first-order valence-corrected chi connectivity index (χ1v) is 16.6. The van der Waals surface area contributed by atoms with Crippen LogP contribution in [0.4, 0.5) is 0 Å². The van der Waals surface area contributed by atoms with Crippen LogP contribution in [0, 0.1) is 23.2 Å². The van der Waals surface area contributed by atoms with Crippen LogP contribution in [0.5, 0.6) is 0 Å². The molecule has 0 bridgehead atoms. The lowest BCUT2D eigenvalue weighted by Gasteiger charge is -2.48. The smallest absolute Gasteiger partial charge is 0.319 e. The number of ketones is 1. The van der Waals surface area contributed by atoms with Gasteiger partial charge in [0.15, 0.2) is 12.1 Å². The van der Waals surface area contributed by atoms with E-state index in [1.807, 2.05) is 37.7 Å². The summed E-state index contributed by atoms with van der Waals surface area (Å²) in [5, 5.41) is 14.2. The zero-order valence-corrected chi connectivity index (χ0v) is 29.5. The third-order valence-electron chi connectivity index (χ3n) is 10.3. The Hall–Kier alpha value is -1.67. The molecule has 0 radical (unpaired) electrons. The Labute approximate surface area is 270 Å². The molecule has 12 nitrogen and oxygen atoms in total. The number of aliphatic hydroxyl groups excluding tert-OH is 1. The van der Waals surface area contributed by atoms with E-state index in [9.17, 15) is 19.5 Å². The molecule has 0 aromatic carbocycles. The molecular weight excluding hydrogens is 580 g/mol. The summed E-state index contributed by atoms with van der Waals surface area (Å²) in [5.41, 5.74) is -2.42. The molecule has 12 heteroatoms. The number of ether oxygens (including phenoxy) is 4. The monoisotopic (exact) mass is 640 g/mol. The predicted molar refractivity (Wildman–Crippen MR) is 170 cm³/mol. The van der Waals surface area contributed by atoms with Crippen molar-refractivity contribution < 1.29 is 38.4 Å². The van der Waals surface area contributed by atoms with Gasteiger partial charge in [0.2, 0.25) is 5.91 Å². The number of carbonyl (C=O) groups excluding carboxylic acids is 3. The van der Waals surface area contributed by atoms with Gasteiger partial charge >= 0.3 is 5.97 Å². The van der Waals surface area contributed by atoms with Crippen LogP contribution < -0.4 is 5.32 Å². The lowest BCUT2D eigenvalue weighted by molar-refractivity contribution is -0.295. The third-order valence-corrected chi connectivity index (χ3v) is 10.3. The van der Waals surface area contributed by atoms with Crippen LogP contribution in [0.15, 0.2) is 0 Å². The zero-order chi connectivity index (χ0) is 33.9. The van der Waals surface area contributed by atoms with Gasteiger partial charge in [0.25, 0.3) is 0 Å². The number of esters is 1. The van der Waals surface area contributed by atoms with E-state index in [1.165, 1.54) is 0 Å². The Bertz CT molecular complexity index is 1020. The molecule has 9 atom stereocenters. The number of hydrogen-bond donors (Lipinski definition) is 2. The number of hydrogen-bond acceptors (Lipinski definition) is 11. The van der Waals surface area contributed by atoms with Crippen LogP contribution in [0.2, 0.25) is 0 Å². The van der Waals surface area contributed by atoms with Crippen molar-refractivity contribution >= 4 is 17.7 Å². The van der Waals surface area contributed by atoms with Crippen molar-refractivity contribution in [1.82, 2.24) is 20.0 Å². The first-order valence-electron chi connectivity index (χ1n) is 16.6. The first-order chi connectivity index (χ1) is 21.0. The Morgan fingerprint density at radius 2 is 1.78 bits per heavy atom. The summed E-state index contributed by atoms with van der Waals surface area (Å²) in [6, 6.07) is -0.301. The molecule has 3 rings (SSSR count). The number of nitrogens with zero attached hydrogens (tertiary/aromatic N) is 3. The van der Waals surface area contributed by atoms with Gasteiger partial charge in [-0.1, -0.05) is 20.8 Å². The molecule has 3 heterocycles. The molecule has 1 amide bonds. The normalized spacial score (nSPS) is 37.8. The van der Waals surface area contributed by atoms with Crippen LogP contribution in [0.3, 0.4) is 0 Å². The molecule has 0 saturated carbocycles. The highest BCUT2D eigenvalue weighted by atomic mass is 16.7. The summed E-state index contributed by atoms with van der Waals surface area (Å²) >= 11 is 0. The summed E-state index contributed by atoms with van der Waals surface area (Å²) in [6.45, 7) is 16.1. The molecule has 0 unspecified atom stereocenters. The number of likely N-dealkylation sites (tertiary alicyclic amines) is 1. The number of carbonyl (C=O) groups is 3. The largest absolute Gasteiger partial charge is 0.463 e. The van der Waals surface area contributed by atoms with Crippen molar-refractivity contribution in [3.8, 4) is 0 Å². The molecule has 0 aromatic rings. The average Bonchev–Trinajstić information content (AvgIpc) is 2.95. The molecule has 3 aliphatic rings. The van der Waals surface area contributed by atoms with Crippen LogP contribution in [-0.4, -0.2) is 147 Å². The fourth-order valence-corrected chi connectivity index (χ4v) is 7.47. The molecular formula is C33H60N4O8. The van der Waals surface area contributed by atoms with E-state index in [1.54, 1.807) is 34.9 Å². The maximum atomic E-state index is 14.2. The van der Waals surface area contributed by atoms with Crippen molar-refractivity contribution in [2.45, 2.75) is 104 Å². The van der Waals surface area contributed by atoms with Crippen LogP contribution in [0.1, 0.15) is 61.3 Å². The standard InChI is InChI=1S/C33H60N4O8/c1-12-36-16-20(2)14-33(7,42-11)29(45-30-27(39)24(35(9)10)13-21(3)44-30)22(4)28(40)32(5,6)31(41)43-19-25(36)23-17-37(18-23)26(38)15-34-8/h20-25,27,29-30,34,39H,12-19H2,1-11H3/t20-,21-,22+,24+,25+,27-,29-,30+,33-/m1/s1. The number of nitrogens with one attached hydrogen (secondary N) is 1. The number of likely N-dealkylation sites (N-methyl/N-ethyl adjacent to an activating group) is 3. The van der Waals surface area contributed by atoms with Crippen LogP contribution in [-0.2, 0) is 33.3 Å². The number of amides is 1. The Morgan fingerprint density at radius 1 is 1.13 bits per heavy atom. The lowest BCUT2D eigenvalue weighted by atomic mass is 9.74. The molecule has 3 fully saturated rings. The van der Waals surface area contributed by atoms with Gasteiger partial charge in [-0.25, -0.2) is 0 Å². The molecule has 260 valence electrons. The van der Waals surface area contributed by atoms with E-state index >= 15 is 0 Å². The topological polar surface area (TPSA) is 130 Å². The Morgan fingerprint density at radius 3 is 2.33 bits per heavy atom. The molecule has 2 N–H and O–H groups in total.